The average Bonchev–Trinajstić information content (AvgIpc) is 2.38. The van der Waals surface area contributed by atoms with Crippen molar-refractivity contribution in [1.29, 1.82) is 0 Å². The van der Waals surface area contributed by atoms with Crippen molar-refractivity contribution in [2.75, 3.05) is 6.54 Å². The molecule has 0 atom stereocenters. The highest BCUT2D eigenvalue weighted by atomic mass is 19.4. The third kappa shape index (κ3) is 5.08. The second-order valence-corrected chi connectivity index (χ2v) is 4.74. The lowest BCUT2D eigenvalue weighted by molar-refractivity contribution is -0.138. The molecule has 0 aromatic heterocycles. The highest BCUT2D eigenvalue weighted by molar-refractivity contribution is 5.79. The Morgan fingerprint density at radius 1 is 1.30 bits per heavy atom. The Morgan fingerprint density at radius 3 is 2.50 bits per heavy atom. The molecule has 1 rings (SSSR count). The fourth-order valence-corrected chi connectivity index (χ4v) is 1.55. The van der Waals surface area contributed by atoms with E-state index in [1.54, 1.807) is 6.07 Å². The normalized spacial score (nSPS) is 12.7. The van der Waals surface area contributed by atoms with Crippen LogP contribution in [0.25, 0.3) is 0 Å². The number of hydrogen-bond acceptors (Lipinski definition) is 2. The molecule has 0 aliphatic rings. The number of guanidine groups is 1. The van der Waals surface area contributed by atoms with Crippen molar-refractivity contribution < 1.29 is 13.2 Å². The zero-order chi connectivity index (χ0) is 15.2. The standard InChI is InChI=1S/C13H19F3N4/c1-9(2)7-18-12(20-17)19-8-10-5-3-4-6-11(10)13(14,15)16/h3-6,9H,7-8,17H2,1-2H3,(H2,18,19,20). The minimum atomic E-state index is -4.38. The molecule has 112 valence electrons. The van der Waals surface area contributed by atoms with Gasteiger partial charge < -0.3 is 5.32 Å². The van der Waals surface area contributed by atoms with Crippen LogP contribution in [-0.2, 0) is 12.7 Å². The molecule has 0 radical (unpaired) electrons. The van der Waals surface area contributed by atoms with Crippen LogP contribution in [0, 0.1) is 5.92 Å². The molecule has 1 aromatic rings. The Labute approximate surface area is 116 Å². The molecule has 0 aliphatic heterocycles. The van der Waals surface area contributed by atoms with E-state index in [1.165, 1.54) is 12.1 Å². The van der Waals surface area contributed by atoms with E-state index in [0.29, 0.717) is 12.5 Å². The largest absolute Gasteiger partial charge is 0.416 e. The molecule has 0 aliphatic carbocycles. The Kier molecular flexibility index (Phi) is 5.82. The predicted octanol–water partition coefficient (Wildman–Crippen LogP) is 2.27. The van der Waals surface area contributed by atoms with Crippen molar-refractivity contribution >= 4 is 5.96 Å². The van der Waals surface area contributed by atoms with Crippen LogP contribution in [0.2, 0.25) is 0 Å². The van der Waals surface area contributed by atoms with Gasteiger partial charge in [-0.3, -0.25) is 5.43 Å². The fourth-order valence-electron chi connectivity index (χ4n) is 1.55. The van der Waals surface area contributed by atoms with Crippen molar-refractivity contribution in [3.63, 3.8) is 0 Å². The maximum Gasteiger partial charge on any atom is 0.416 e. The van der Waals surface area contributed by atoms with E-state index in [0.717, 1.165) is 6.07 Å². The van der Waals surface area contributed by atoms with Crippen molar-refractivity contribution in [3.05, 3.63) is 35.4 Å². The first-order chi connectivity index (χ1) is 9.34. The van der Waals surface area contributed by atoms with Crippen LogP contribution in [0.15, 0.2) is 29.3 Å². The zero-order valence-corrected chi connectivity index (χ0v) is 11.5. The predicted molar refractivity (Wildman–Crippen MR) is 72.7 cm³/mol. The van der Waals surface area contributed by atoms with Gasteiger partial charge in [0, 0.05) is 6.54 Å². The van der Waals surface area contributed by atoms with Crippen LogP contribution in [0.5, 0.6) is 0 Å². The number of rotatable bonds is 4. The minimum absolute atomic E-state index is 0.0969. The summed E-state index contributed by atoms with van der Waals surface area (Å²) in [5, 5.41) is 2.93. The molecule has 4 nitrogen and oxygen atoms in total. The summed E-state index contributed by atoms with van der Waals surface area (Å²) in [7, 11) is 0. The van der Waals surface area contributed by atoms with Crippen molar-refractivity contribution in [3.8, 4) is 0 Å². The van der Waals surface area contributed by atoms with Gasteiger partial charge in [-0.15, -0.1) is 0 Å². The minimum Gasteiger partial charge on any atom is -0.355 e. The monoisotopic (exact) mass is 288 g/mol. The lowest BCUT2D eigenvalue weighted by Crippen LogP contribution is -2.43. The van der Waals surface area contributed by atoms with Gasteiger partial charge in [0.1, 0.15) is 0 Å². The molecule has 0 amide bonds. The Balaban J connectivity index is 2.82. The molecule has 20 heavy (non-hydrogen) atoms. The van der Waals surface area contributed by atoms with Crippen molar-refractivity contribution in [1.82, 2.24) is 10.7 Å². The zero-order valence-electron chi connectivity index (χ0n) is 11.5. The molecule has 0 heterocycles. The van der Waals surface area contributed by atoms with Gasteiger partial charge >= 0.3 is 6.18 Å². The number of nitrogens with one attached hydrogen (secondary N) is 2. The van der Waals surface area contributed by atoms with Crippen LogP contribution in [0.4, 0.5) is 13.2 Å². The van der Waals surface area contributed by atoms with Gasteiger partial charge in [0.2, 0.25) is 5.96 Å². The molecule has 1 aromatic carbocycles. The van der Waals surface area contributed by atoms with Crippen molar-refractivity contribution in [2.45, 2.75) is 26.6 Å². The van der Waals surface area contributed by atoms with Gasteiger partial charge in [-0.2, -0.15) is 13.2 Å². The van der Waals surface area contributed by atoms with E-state index in [-0.39, 0.29) is 18.1 Å². The molecule has 0 unspecified atom stereocenters. The van der Waals surface area contributed by atoms with Gasteiger partial charge in [0.25, 0.3) is 0 Å². The molecule has 0 saturated heterocycles. The number of nitrogens with two attached hydrogens (primary N) is 1. The molecule has 0 spiro atoms. The first kappa shape index (κ1) is 16.3. The molecular weight excluding hydrogens is 269 g/mol. The van der Waals surface area contributed by atoms with Crippen LogP contribution in [0.1, 0.15) is 25.0 Å². The third-order valence-corrected chi connectivity index (χ3v) is 2.54. The molecule has 7 heteroatoms. The van der Waals surface area contributed by atoms with E-state index in [1.807, 2.05) is 13.8 Å². The topological polar surface area (TPSA) is 62.4 Å². The number of halogens is 3. The number of aliphatic imine (C=N–C) groups is 1. The quantitative estimate of drug-likeness (QED) is 0.345. The fraction of sp³-hybridized carbons (Fsp3) is 0.462. The van der Waals surface area contributed by atoms with Gasteiger partial charge in [-0.1, -0.05) is 32.0 Å². The second kappa shape index (κ2) is 7.14. The summed E-state index contributed by atoms with van der Waals surface area (Å²) in [5.41, 5.74) is 1.78. The van der Waals surface area contributed by atoms with E-state index in [4.69, 9.17) is 5.84 Å². The van der Waals surface area contributed by atoms with Gasteiger partial charge in [0.05, 0.1) is 12.1 Å². The average molecular weight is 288 g/mol. The second-order valence-electron chi connectivity index (χ2n) is 4.74. The van der Waals surface area contributed by atoms with Gasteiger partial charge in [0.15, 0.2) is 0 Å². The summed E-state index contributed by atoms with van der Waals surface area (Å²) in [4.78, 5) is 4.03. The highest BCUT2D eigenvalue weighted by Gasteiger charge is 2.32. The number of benzene rings is 1. The van der Waals surface area contributed by atoms with E-state index in [2.05, 4.69) is 15.7 Å². The smallest absolute Gasteiger partial charge is 0.355 e. The maximum absolute atomic E-state index is 12.8. The first-order valence-corrected chi connectivity index (χ1v) is 6.24. The number of alkyl halides is 3. The number of hydrazine groups is 1. The molecule has 0 saturated carbocycles. The Hall–Kier alpha value is -1.76. The Morgan fingerprint density at radius 2 is 1.95 bits per heavy atom. The lowest BCUT2D eigenvalue weighted by Gasteiger charge is -2.13. The molecule has 0 bridgehead atoms. The van der Waals surface area contributed by atoms with E-state index < -0.39 is 11.7 Å². The molecule has 0 fully saturated rings. The number of hydrogen-bond donors (Lipinski definition) is 3. The molecule has 4 N–H and O–H groups in total. The summed E-state index contributed by atoms with van der Waals surface area (Å²) in [6, 6.07) is 5.36. The van der Waals surface area contributed by atoms with Crippen LogP contribution >= 0.6 is 0 Å². The van der Waals surface area contributed by atoms with Crippen molar-refractivity contribution in [2.24, 2.45) is 16.8 Å². The van der Waals surface area contributed by atoms with E-state index >= 15 is 0 Å². The summed E-state index contributed by atoms with van der Waals surface area (Å²) in [6.45, 7) is 4.53. The van der Waals surface area contributed by atoms with Crippen LogP contribution in [0.3, 0.4) is 0 Å². The SMILES string of the molecule is CC(C)CNC(=NCc1ccccc1C(F)(F)F)NN. The van der Waals surface area contributed by atoms with Crippen LogP contribution < -0.4 is 16.6 Å². The summed E-state index contributed by atoms with van der Waals surface area (Å²) in [5.74, 6) is 5.93. The highest BCUT2D eigenvalue weighted by Crippen LogP contribution is 2.32. The lowest BCUT2D eigenvalue weighted by atomic mass is 10.1. The third-order valence-electron chi connectivity index (χ3n) is 2.54. The number of nitrogens with zero attached hydrogens (tertiary/aromatic N) is 1. The molecular formula is C13H19F3N4. The van der Waals surface area contributed by atoms with Gasteiger partial charge in [-0.05, 0) is 17.5 Å². The summed E-state index contributed by atoms with van der Waals surface area (Å²) < 4.78 is 38.4. The van der Waals surface area contributed by atoms with E-state index in [9.17, 15) is 13.2 Å². The van der Waals surface area contributed by atoms with Gasteiger partial charge in [-0.25, -0.2) is 10.8 Å². The first-order valence-electron chi connectivity index (χ1n) is 6.24. The Bertz CT molecular complexity index is 455. The van der Waals surface area contributed by atoms with Crippen LogP contribution in [-0.4, -0.2) is 12.5 Å². The maximum atomic E-state index is 12.8. The summed E-state index contributed by atoms with van der Waals surface area (Å²) in [6.07, 6.45) is -4.38. The summed E-state index contributed by atoms with van der Waals surface area (Å²) >= 11 is 0.